The molecule has 1 saturated heterocycles. The minimum Gasteiger partial charge on any atom is -0.487 e. The van der Waals surface area contributed by atoms with E-state index >= 15 is 0 Å². The predicted molar refractivity (Wildman–Crippen MR) is 138 cm³/mol. The molecule has 4 nitrogen and oxygen atoms in total. The number of hydrogen-bond donors (Lipinski definition) is 1. The molecule has 5 rings (SSSR count). The number of piperidine rings is 1. The number of halogens is 1. The molecule has 0 spiro atoms. The van der Waals surface area contributed by atoms with Crippen LogP contribution in [0.4, 0.5) is 0 Å². The normalized spacial score (nSPS) is 18.5. The number of nitrogens with zero attached hydrogens (tertiary/aromatic N) is 2. The Kier molecular flexibility index (Phi) is 6.55. The smallest absolute Gasteiger partial charge is 0.131 e. The first-order chi connectivity index (χ1) is 16.6. The van der Waals surface area contributed by atoms with Gasteiger partial charge in [0.05, 0.1) is 11.3 Å². The Morgan fingerprint density at radius 2 is 1.88 bits per heavy atom. The molecular formula is C29H29ClN2O2. The van der Waals surface area contributed by atoms with Crippen LogP contribution in [-0.2, 0) is 12.2 Å². The molecule has 0 aliphatic carbocycles. The average Bonchev–Trinajstić information content (AvgIpc) is 3.02. The van der Waals surface area contributed by atoms with E-state index in [1.807, 2.05) is 48.7 Å². The third kappa shape index (κ3) is 4.67. The molecule has 0 radical (unpaired) electrons. The van der Waals surface area contributed by atoms with Gasteiger partial charge in [-0.1, -0.05) is 60.7 Å². The Hall–Kier alpha value is -2.92. The van der Waals surface area contributed by atoms with E-state index in [4.69, 9.17) is 16.3 Å². The lowest BCUT2D eigenvalue weighted by Gasteiger charge is -2.38. The number of likely N-dealkylation sites (tertiary alicyclic amines) is 1. The maximum atomic E-state index is 11.2. The van der Waals surface area contributed by atoms with Crippen molar-refractivity contribution in [2.24, 2.45) is 0 Å². The molecule has 1 aromatic heterocycles. The highest BCUT2D eigenvalue weighted by molar-refractivity contribution is 6.30. The summed E-state index contributed by atoms with van der Waals surface area (Å²) in [6.07, 6.45) is 8.32. The SMILES string of the molecule is C=Cc1ccc2c(c1)OCc1ncccc1C2=CCCN1CCC(O)(c2ccc(Cl)cc2)CC1. The number of hydrogen-bond acceptors (Lipinski definition) is 4. The van der Waals surface area contributed by atoms with E-state index in [0.717, 1.165) is 72.6 Å². The van der Waals surface area contributed by atoms with Crippen LogP contribution in [0.15, 0.2) is 73.4 Å². The molecule has 2 aromatic carbocycles. The minimum absolute atomic E-state index is 0.455. The number of pyridine rings is 1. The summed E-state index contributed by atoms with van der Waals surface area (Å²) >= 11 is 6.02. The Morgan fingerprint density at radius 1 is 1.09 bits per heavy atom. The van der Waals surface area contributed by atoms with Crippen LogP contribution in [0.25, 0.3) is 11.6 Å². The van der Waals surface area contributed by atoms with Crippen molar-refractivity contribution in [3.05, 3.63) is 106 Å². The van der Waals surface area contributed by atoms with Gasteiger partial charge in [-0.2, -0.15) is 0 Å². The second-order valence-electron chi connectivity index (χ2n) is 9.03. The molecule has 1 fully saturated rings. The molecule has 3 aromatic rings. The van der Waals surface area contributed by atoms with Gasteiger partial charge in [0, 0.05) is 42.0 Å². The number of benzene rings is 2. The topological polar surface area (TPSA) is 45.6 Å². The van der Waals surface area contributed by atoms with Crippen LogP contribution < -0.4 is 4.74 Å². The molecule has 0 bridgehead atoms. The maximum absolute atomic E-state index is 11.2. The van der Waals surface area contributed by atoms with Crippen molar-refractivity contribution < 1.29 is 9.84 Å². The fourth-order valence-electron chi connectivity index (χ4n) is 4.90. The summed E-state index contributed by atoms with van der Waals surface area (Å²) in [5.74, 6) is 0.868. The van der Waals surface area contributed by atoms with Gasteiger partial charge >= 0.3 is 0 Å². The Bertz CT molecular complexity index is 1210. The van der Waals surface area contributed by atoms with Gasteiger partial charge in [0.15, 0.2) is 0 Å². The van der Waals surface area contributed by atoms with Crippen molar-refractivity contribution in [3.8, 4) is 5.75 Å². The quantitative estimate of drug-likeness (QED) is 0.489. The van der Waals surface area contributed by atoms with E-state index in [2.05, 4.69) is 40.7 Å². The molecule has 5 heteroatoms. The van der Waals surface area contributed by atoms with Gasteiger partial charge in [-0.3, -0.25) is 4.98 Å². The largest absolute Gasteiger partial charge is 0.487 e. The third-order valence-electron chi connectivity index (χ3n) is 6.93. The Morgan fingerprint density at radius 3 is 2.65 bits per heavy atom. The lowest BCUT2D eigenvalue weighted by Crippen LogP contribution is -2.42. The van der Waals surface area contributed by atoms with Crippen LogP contribution in [0.2, 0.25) is 5.02 Å². The van der Waals surface area contributed by atoms with E-state index in [-0.39, 0.29) is 0 Å². The predicted octanol–water partition coefficient (Wildman–Crippen LogP) is 6.08. The molecule has 3 heterocycles. The first-order valence-electron chi connectivity index (χ1n) is 11.8. The highest BCUT2D eigenvalue weighted by Gasteiger charge is 2.33. The monoisotopic (exact) mass is 472 g/mol. The summed E-state index contributed by atoms with van der Waals surface area (Å²) in [4.78, 5) is 7.00. The molecule has 0 amide bonds. The second kappa shape index (κ2) is 9.75. The minimum atomic E-state index is -0.773. The fourth-order valence-corrected chi connectivity index (χ4v) is 5.03. The van der Waals surface area contributed by atoms with E-state index in [1.54, 1.807) is 0 Å². The number of aromatic nitrogens is 1. The molecular weight excluding hydrogens is 444 g/mol. The number of fused-ring (bicyclic) bond motifs is 2. The summed E-state index contributed by atoms with van der Waals surface area (Å²) in [7, 11) is 0. The summed E-state index contributed by atoms with van der Waals surface area (Å²) in [6, 6.07) is 17.9. The zero-order valence-corrected chi connectivity index (χ0v) is 20.0. The van der Waals surface area contributed by atoms with E-state index in [0.29, 0.717) is 11.6 Å². The number of ether oxygens (including phenoxy) is 1. The molecule has 1 N–H and O–H groups in total. The van der Waals surface area contributed by atoms with Crippen LogP contribution in [0, 0.1) is 0 Å². The molecule has 2 aliphatic rings. The van der Waals surface area contributed by atoms with Gasteiger partial charge < -0.3 is 14.7 Å². The fraction of sp³-hybridized carbons (Fsp3) is 0.276. The van der Waals surface area contributed by atoms with E-state index in [9.17, 15) is 5.11 Å². The van der Waals surface area contributed by atoms with Crippen LogP contribution in [-0.4, -0.2) is 34.6 Å². The Labute approximate surface area is 206 Å². The molecule has 0 atom stereocenters. The zero-order valence-electron chi connectivity index (χ0n) is 19.2. The Balaban J connectivity index is 1.31. The van der Waals surface area contributed by atoms with Crippen molar-refractivity contribution in [1.82, 2.24) is 9.88 Å². The van der Waals surface area contributed by atoms with Crippen LogP contribution >= 0.6 is 11.6 Å². The standard InChI is InChI=1S/C29H29ClN2O2/c1-2-21-7-12-26-24(25-5-3-15-31-27(25)20-34-28(26)19-21)6-4-16-32-17-13-29(33,14-18-32)22-8-10-23(30)11-9-22/h2-3,5-12,15,19,33H,1,4,13-14,16-18,20H2. The number of rotatable bonds is 5. The van der Waals surface area contributed by atoms with Gasteiger partial charge in [-0.05, 0) is 60.2 Å². The van der Waals surface area contributed by atoms with Crippen molar-refractivity contribution in [1.29, 1.82) is 0 Å². The lowest BCUT2D eigenvalue weighted by atomic mass is 9.84. The summed E-state index contributed by atoms with van der Waals surface area (Å²) in [6.45, 7) is 7.01. The highest BCUT2D eigenvalue weighted by Crippen LogP contribution is 2.37. The third-order valence-corrected chi connectivity index (χ3v) is 7.19. The molecule has 0 unspecified atom stereocenters. The average molecular weight is 473 g/mol. The van der Waals surface area contributed by atoms with Crippen molar-refractivity contribution in [2.75, 3.05) is 19.6 Å². The first kappa shape index (κ1) is 22.9. The van der Waals surface area contributed by atoms with Gasteiger partial charge in [0.25, 0.3) is 0 Å². The van der Waals surface area contributed by atoms with Crippen LogP contribution in [0.5, 0.6) is 5.75 Å². The van der Waals surface area contributed by atoms with Crippen LogP contribution in [0.3, 0.4) is 0 Å². The zero-order chi connectivity index (χ0) is 23.5. The van der Waals surface area contributed by atoms with E-state index < -0.39 is 5.60 Å². The summed E-state index contributed by atoms with van der Waals surface area (Å²) in [5.41, 5.74) is 5.56. The van der Waals surface area contributed by atoms with Gasteiger partial charge in [0.1, 0.15) is 12.4 Å². The maximum Gasteiger partial charge on any atom is 0.131 e. The number of aliphatic hydroxyl groups is 1. The second-order valence-corrected chi connectivity index (χ2v) is 9.47. The molecule has 0 saturated carbocycles. The highest BCUT2D eigenvalue weighted by atomic mass is 35.5. The van der Waals surface area contributed by atoms with Crippen molar-refractivity contribution >= 4 is 23.3 Å². The van der Waals surface area contributed by atoms with Gasteiger partial charge in [-0.25, -0.2) is 0 Å². The summed E-state index contributed by atoms with van der Waals surface area (Å²) < 4.78 is 6.12. The van der Waals surface area contributed by atoms with Crippen LogP contribution in [0.1, 0.15) is 47.2 Å². The molecule has 34 heavy (non-hydrogen) atoms. The molecule has 174 valence electrons. The van der Waals surface area contributed by atoms with Gasteiger partial charge in [-0.15, -0.1) is 0 Å². The van der Waals surface area contributed by atoms with Gasteiger partial charge in [0.2, 0.25) is 0 Å². The molecule has 2 aliphatic heterocycles. The van der Waals surface area contributed by atoms with E-state index in [1.165, 1.54) is 5.57 Å². The lowest BCUT2D eigenvalue weighted by molar-refractivity contribution is -0.0254. The summed E-state index contributed by atoms with van der Waals surface area (Å²) in [5, 5.41) is 11.9. The first-order valence-corrected chi connectivity index (χ1v) is 12.2. The van der Waals surface area contributed by atoms with Crippen molar-refractivity contribution in [2.45, 2.75) is 31.5 Å². The van der Waals surface area contributed by atoms with Crippen molar-refractivity contribution in [3.63, 3.8) is 0 Å².